The van der Waals surface area contributed by atoms with E-state index in [4.69, 9.17) is 12.6 Å². The topological polar surface area (TPSA) is 0 Å². The zero-order valence-electron chi connectivity index (χ0n) is 6.35. The largest absolute Gasteiger partial charge is 0.0795 e. The van der Waals surface area contributed by atoms with E-state index in [2.05, 4.69) is 32.0 Å². The summed E-state index contributed by atoms with van der Waals surface area (Å²) < 4.78 is 0. The van der Waals surface area contributed by atoms with Crippen molar-refractivity contribution in [3.05, 3.63) is 29.3 Å². The van der Waals surface area contributed by atoms with Gasteiger partial charge in [0.2, 0.25) is 0 Å². The Morgan fingerprint density at radius 1 is 1.40 bits per heavy atom. The lowest BCUT2D eigenvalue weighted by atomic mass is 10.1. The van der Waals surface area contributed by atoms with Crippen molar-refractivity contribution >= 4 is 12.6 Å². The first-order valence-electron chi connectivity index (χ1n) is 3.51. The smallest absolute Gasteiger partial charge is 0.0438 e. The summed E-state index contributed by atoms with van der Waals surface area (Å²) in [6.45, 7) is 4.19. The van der Waals surface area contributed by atoms with Gasteiger partial charge in [0, 0.05) is 4.90 Å². The number of rotatable bonds is 1. The van der Waals surface area contributed by atoms with Gasteiger partial charge >= 0.3 is 0 Å². The fourth-order valence-electron chi connectivity index (χ4n) is 0.992. The maximum atomic E-state index is 5.19. The van der Waals surface area contributed by atoms with Gasteiger partial charge in [-0.15, -0.1) is 0 Å². The summed E-state index contributed by atoms with van der Waals surface area (Å²) in [5.41, 5.74) is 2.50. The van der Waals surface area contributed by atoms with Crippen molar-refractivity contribution in [3.8, 4) is 0 Å². The summed E-state index contributed by atoms with van der Waals surface area (Å²) in [6, 6.07) is 6.21. The maximum absolute atomic E-state index is 5.19. The quantitative estimate of drug-likeness (QED) is 0.578. The van der Waals surface area contributed by atoms with Crippen molar-refractivity contribution in [1.29, 1.82) is 0 Å². The van der Waals surface area contributed by atoms with E-state index < -0.39 is 0 Å². The molecule has 0 spiro atoms. The predicted molar refractivity (Wildman–Crippen MR) is 46.4 cm³/mol. The Hall–Kier alpha value is -0.560. The highest BCUT2D eigenvalue weighted by Gasteiger charge is 1.98. The highest BCUT2D eigenvalue weighted by molar-refractivity contribution is 7.80. The van der Waals surface area contributed by atoms with Crippen LogP contribution in [0.1, 0.15) is 18.1 Å². The average molecular weight is 151 g/mol. The molecule has 1 rings (SSSR count). The summed E-state index contributed by atoms with van der Waals surface area (Å²) >= 11 is 5.19. The van der Waals surface area contributed by atoms with Gasteiger partial charge in [0.1, 0.15) is 0 Å². The standard InChI is InChI=1S/C9H11S/c1-3-8-6-4-5-7(2)9(8)10/h4-6H,3H2,1-2H3. The Kier molecular flexibility index (Phi) is 2.28. The summed E-state index contributed by atoms with van der Waals surface area (Å²) in [5.74, 6) is 0. The fourth-order valence-corrected chi connectivity index (χ4v) is 1.27. The molecule has 0 bridgehead atoms. The van der Waals surface area contributed by atoms with E-state index in [9.17, 15) is 0 Å². The van der Waals surface area contributed by atoms with E-state index in [1.165, 1.54) is 11.1 Å². The van der Waals surface area contributed by atoms with E-state index in [0.717, 1.165) is 11.3 Å². The Morgan fingerprint density at radius 3 is 2.60 bits per heavy atom. The third kappa shape index (κ3) is 1.29. The molecule has 0 fully saturated rings. The Labute approximate surface area is 67.7 Å². The molecule has 1 aromatic carbocycles. The number of hydrogen-bond donors (Lipinski definition) is 0. The van der Waals surface area contributed by atoms with Crippen LogP contribution in [0, 0.1) is 6.92 Å². The summed E-state index contributed by atoms with van der Waals surface area (Å²) in [5, 5.41) is 0. The van der Waals surface area contributed by atoms with Crippen molar-refractivity contribution < 1.29 is 0 Å². The molecule has 0 saturated heterocycles. The van der Waals surface area contributed by atoms with Crippen molar-refractivity contribution in [2.24, 2.45) is 0 Å². The van der Waals surface area contributed by atoms with E-state index in [-0.39, 0.29) is 0 Å². The van der Waals surface area contributed by atoms with Crippen LogP contribution in [0.4, 0.5) is 0 Å². The number of aryl methyl sites for hydroxylation is 2. The molecule has 0 N–H and O–H groups in total. The molecule has 10 heavy (non-hydrogen) atoms. The normalized spacial score (nSPS) is 9.80. The molecule has 1 heteroatoms. The first-order chi connectivity index (χ1) is 4.75. The third-order valence-electron chi connectivity index (χ3n) is 1.67. The summed E-state index contributed by atoms with van der Waals surface area (Å²) in [6.07, 6.45) is 1.04. The van der Waals surface area contributed by atoms with Crippen molar-refractivity contribution in [1.82, 2.24) is 0 Å². The zero-order valence-corrected chi connectivity index (χ0v) is 7.16. The third-order valence-corrected chi connectivity index (χ3v) is 2.26. The van der Waals surface area contributed by atoms with Gasteiger partial charge in [-0.1, -0.05) is 37.8 Å². The molecule has 1 radical (unpaired) electrons. The van der Waals surface area contributed by atoms with Gasteiger partial charge in [-0.2, -0.15) is 0 Å². The van der Waals surface area contributed by atoms with Crippen molar-refractivity contribution in [3.63, 3.8) is 0 Å². The van der Waals surface area contributed by atoms with Gasteiger partial charge in [0.25, 0.3) is 0 Å². The molecule has 1 aromatic rings. The van der Waals surface area contributed by atoms with E-state index >= 15 is 0 Å². The van der Waals surface area contributed by atoms with E-state index in [1.807, 2.05) is 0 Å². The lowest BCUT2D eigenvalue weighted by Gasteiger charge is -2.01. The van der Waals surface area contributed by atoms with Crippen LogP contribution in [0.3, 0.4) is 0 Å². The van der Waals surface area contributed by atoms with E-state index in [0.29, 0.717) is 0 Å². The Bertz CT molecular complexity index is 228. The van der Waals surface area contributed by atoms with Crippen molar-refractivity contribution in [2.45, 2.75) is 25.2 Å². The van der Waals surface area contributed by atoms with E-state index in [1.54, 1.807) is 0 Å². The van der Waals surface area contributed by atoms with Gasteiger partial charge in [-0.05, 0) is 24.5 Å². The molecule has 0 aromatic heterocycles. The van der Waals surface area contributed by atoms with Crippen LogP contribution in [0.25, 0.3) is 0 Å². The van der Waals surface area contributed by atoms with Crippen LogP contribution in [0.2, 0.25) is 0 Å². The van der Waals surface area contributed by atoms with Crippen LogP contribution in [0.5, 0.6) is 0 Å². The van der Waals surface area contributed by atoms with Crippen molar-refractivity contribution in [2.75, 3.05) is 0 Å². The summed E-state index contributed by atoms with van der Waals surface area (Å²) in [4.78, 5) is 1.03. The lowest BCUT2D eigenvalue weighted by molar-refractivity contribution is 1.06. The van der Waals surface area contributed by atoms with Crippen LogP contribution in [-0.2, 0) is 6.42 Å². The number of benzene rings is 1. The van der Waals surface area contributed by atoms with Gasteiger partial charge in [0.15, 0.2) is 0 Å². The first kappa shape index (κ1) is 7.55. The van der Waals surface area contributed by atoms with Crippen LogP contribution >= 0.6 is 12.6 Å². The lowest BCUT2D eigenvalue weighted by Crippen LogP contribution is -1.84. The van der Waals surface area contributed by atoms with Gasteiger partial charge in [0.05, 0.1) is 0 Å². The second-order valence-corrected chi connectivity index (χ2v) is 2.82. The molecule has 0 nitrogen and oxygen atoms in total. The molecule has 0 aliphatic carbocycles. The Balaban J connectivity index is 3.14. The highest BCUT2D eigenvalue weighted by Crippen LogP contribution is 2.17. The molecule has 0 aliphatic rings. The van der Waals surface area contributed by atoms with Crippen LogP contribution in [0.15, 0.2) is 23.1 Å². The highest BCUT2D eigenvalue weighted by atomic mass is 32.1. The average Bonchev–Trinajstić information content (AvgIpc) is 1.95. The second-order valence-electron chi connectivity index (χ2n) is 2.42. The Morgan fingerprint density at radius 2 is 2.10 bits per heavy atom. The first-order valence-corrected chi connectivity index (χ1v) is 3.92. The molecule has 0 unspecified atom stereocenters. The predicted octanol–water partition coefficient (Wildman–Crippen LogP) is 3.11. The molecule has 0 heterocycles. The van der Waals surface area contributed by atoms with Gasteiger partial charge in [-0.25, -0.2) is 0 Å². The molecule has 0 amide bonds. The molecule has 0 atom stereocenters. The van der Waals surface area contributed by atoms with Gasteiger partial charge in [-0.3, -0.25) is 0 Å². The molecule has 53 valence electrons. The molecular formula is C9H11S. The minimum Gasteiger partial charge on any atom is -0.0795 e. The minimum atomic E-state index is 1.03. The maximum Gasteiger partial charge on any atom is 0.0438 e. The fraction of sp³-hybridized carbons (Fsp3) is 0.333. The molecule has 0 saturated carbocycles. The monoisotopic (exact) mass is 151 g/mol. The zero-order chi connectivity index (χ0) is 7.56. The molecule has 0 aliphatic heterocycles. The molecular weight excluding hydrogens is 140 g/mol. The second kappa shape index (κ2) is 3.02. The minimum absolute atomic E-state index is 1.03. The number of hydrogen-bond acceptors (Lipinski definition) is 0. The van der Waals surface area contributed by atoms with Crippen LogP contribution < -0.4 is 0 Å². The SMILES string of the molecule is CCc1cccc(C)c1[S]. The van der Waals surface area contributed by atoms with Crippen LogP contribution in [-0.4, -0.2) is 0 Å². The summed E-state index contributed by atoms with van der Waals surface area (Å²) in [7, 11) is 0. The van der Waals surface area contributed by atoms with Gasteiger partial charge < -0.3 is 0 Å².